The Labute approximate surface area is 199 Å². The van der Waals surface area contributed by atoms with E-state index >= 15 is 0 Å². The van der Waals surface area contributed by atoms with Gasteiger partial charge >= 0.3 is 0 Å². The van der Waals surface area contributed by atoms with Crippen molar-refractivity contribution in [2.45, 2.75) is 13.8 Å². The maximum Gasteiger partial charge on any atom is 0.283 e. The van der Waals surface area contributed by atoms with Gasteiger partial charge in [0.15, 0.2) is 18.1 Å². The summed E-state index contributed by atoms with van der Waals surface area (Å²) in [6.07, 6.45) is 5.29. The Balaban J connectivity index is 1.59. The highest BCUT2D eigenvalue weighted by molar-refractivity contribution is 7.21. The van der Waals surface area contributed by atoms with Crippen molar-refractivity contribution in [1.29, 1.82) is 0 Å². The number of thiophene rings is 1. The number of ether oxygens (including phenoxy) is 2. The van der Waals surface area contributed by atoms with Gasteiger partial charge in [-0.05, 0) is 61.4 Å². The van der Waals surface area contributed by atoms with Crippen LogP contribution in [-0.2, 0) is 4.79 Å². The third-order valence-corrected chi connectivity index (χ3v) is 6.04. The summed E-state index contributed by atoms with van der Waals surface area (Å²) in [4.78, 5) is 30.0. The number of carbonyl (C=O) groups is 2. The van der Waals surface area contributed by atoms with Crippen LogP contribution in [0.2, 0.25) is 0 Å². The van der Waals surface area contributed by atoms with Gasteiger partial charge in [0.1, 0.15) is 9.71 Å². The van der Waals surface area contributed by atoms with Crippen LogP contribution in [0.25, 0.3) is 15.9 Å². The number of benzene rings is 1. The topological polar surface area (TPSA) is 121 Å². The Kier molecular flexibility index (Phi) is 6.60. The highest BCUT2D eigenvalue weighted by atomic mass is 32.1. The second kappa shape index (κ2) is 9.75. The number of nitrogens with zero attached hydrogens (tertiary/aromatic N) is 3. The highest BCUT2D eigenvalue weighted by Gasteiger charge is 2.22. The van der Waals surface area contributed by atoms with Crippen LogP contribution in [0.5, 0.6) is 11.5 Å². The van der Waals surface area contributed by atoms with E-state index < -0.39 is 5.91 Å². The fourth-order valence-electron chi connectivity index (χ4n) is 3.56. The first-order valence-corrected chi connectivity index (χ1v) is 11.2. The molecule has 0 spiro atoms. The number of rotatable bonds is 8. The summed E-state index contributed by atoms with van der Waals surface area (Å²) in [7, 11) is 1.48. The molecule has 9 nitrogen and oxygen atoms in total. The zero-order chi connectivity index (χ0) is 24.2. The third-order valence-electron chi connectivity index (χ3n) is 4.97. The zero-order valence-electron chi connectivity index (χ0n) is 18.9. The van der Waals surface area contributed by atoms with Gasteiger partial charge in [0.25, 0.3) is 11.8 Å². The molecule has 0 saturated carbocycles. The van der Waals surface area contributed by atoms with Gasteiger partial charge in [-0.1, -0.05) is 0 Å². The number of nitrogens with two attached hydrogens (primary N) is 1. The predicted molar refractivity (Wildman–Crippen MR) is 131 cm³/mol. The predicted octanol–water partition coefficient (Wildman–Crippen LogP) is 3.34. The number of fused-ring (bicyclic) bond motifs is 1. The number of methoxy groups -OCH3 is 1. The molecule has 0 radical (unpaired) electrons. The minimum Gasteiger partial charge on any atom is -0.493 e. The van der Waals surface area contributed by atoms with Gasteiger partial charge < -0.3 is 19.8 Å². The van der Waals surface area contributed by atoms with Gasteiger partial charge in [0.05, 0.1) is 19.0 Å². The van der Waals surface area contributed by atoms with Crippen LogP contribution >= 0.6 is 11.3 Å². The Bertz CT molecular complexity index is 1390. The first-order chi connectivity index (χ1) is 16.4. The maximum atomic E-state index is 13.1. The number of aryl methyl sites for hydroxylation is 2. The van der Waals surface area contributed by atoms with Crippen molar-refractivity contribution in [1.82, 2.24) is 15.0 Å². The minimum atomic E-state index is -0.587. The molecule has 34 heavy (non-hydrogen) atoms. The number of aromatic nitrogens is 2. The lowest BCUT2D eigenvalue weighted by Crippen LogP contribution is -2.20. The molecule has 0 aliphatic carbocycles. The molecule has 10 heteroatoms. The van der Waals surface area contributed by atoms with Crippen molar-refractivity contribution in [2.24, 2.45) is 10.8 Å². The Morgan fingerprint density at radius 2 is 1.97 bits per heavy atom. The summed E-state index contributed by atoms with van der Waals surface area (Å²) in [5.41, 5.74) is 11.1. The number of nitrogens with one attached hydrogen (secondary N) is 1. The molecule has 0 fully saturated rings. The number of carbonyl (C=O) groups excluding carboxylic acids is 2. The second-order valence-corrected chi connectivity index (χ2v) is 8.49. The molecule has 0 bridgehead atoms. The van der Waals surface area contributed by atoms with E-state index in [9.17, 15) is 9.59 Å². The molecule has 174 valence electrons. The van der Waals surface area contributed by atoms with Crippen LogP contribution in [0, 0.1) is 13.8 Å². The highest BCUT2D eigenvalue weighted by Crippen LogP contribution is 2.35. The number of pyridine rings is 1. The van der Waals surface area contributed by atoms with Gasteiger partial charge in [-0.3, -0.25) is 9.59 Å². The fourth-order valence-corrected chi connectivity index (χ4v) is 4.74. The van der Waals surface area contributed by atoms with E-state index in [2.05, 4.69) is 15.5 Å². The van der Waals surface area contributed by atoms with E-state index in [1.165, 1.54) is 24.7 Å². The van der Waals surface area contributed by atoms with Crippen molar-refractivity contribution in [2.75, 3.05) is 13.7 Å². The van der Waals surface area contributed by atoms with Gasteiger partial charge in [-0.25, -0.2) is 10.4 Å². The van der Waals surface area contributed by atoms with E-state index in [-0.39, 0.29) is 12.5 Å². The monoisotopic (exact) mass is 477 g/mol. The molecule has 0 saturated heterocycles. The first-order valence-electron chi connectivity index (χ1n) is 10.3. The minimum absolute atomic E-state index is 0.257. The van der Waals surface area contributed by atoms with Crippen LogP contribution in [0.1, 0.15) is 26.5 Å². The Morgan fingerprint density at radius 1 is 1.21 bits per heavy atom. The Hall–Kier alpha value is -4.18. The fraction of sp³-hybridized carbons (Fsp3) is 0.167. The molecule has 3 aromatic heterocycles. The van der Waals surface area contributed by atoms with Crippen molar-refractivity contribution in [3.63, 3.8) is 0 Å². The van der Waals surface area contributed by atoms with Crippen LogP contribution in [0.3, 0.4) is 0 Å². The quantitative estimate of drug-likeness (QED) is 0.298. The van der Waals surface area contributed by atoms with Crippen LogP contribution in [0.15, 0.2) is 53.9 Å². The van der Waals surface area contributed by atoms with Gasteiger partial charge in [0.2, 0.25) is 0 Å². The lowest BCUT2D eigenvalue weighted by Gasteiger charge is -2.09. The first kappa shape index (κ1) is 23.0. The van der Waals surface area contributed by atoms with Gasteiger partial charge in [-0.2, -0.15) is 5.10 Å². The molecule has 1 aromatic carbocycles. The number of hydrazone groups is 1. The summed E-state index contributed by atoms with van der Waals surface area (Å²) in [5, 5.41) is 5.05. The molecule has 4 aromatic rings. The smallest absolute Gasteiger partial charge is 0.283 e. The van der Waals surface area contributed by atoms with Crippen molar-refractivity contribution in [3.05, 3.63) is 70.5 Å². The number of primary amides is 1. The lowest BCUT2D eigenvalue weighted by atomic mass is 10.1. The number of amides is 2. The van der Waals surface area contributed by atoms with Crippen LogP contribution < -0.4 is 20.6 Å². The lowest BCUT2D eigenvalue weighted by molar-refractivity contribution is -0.119. The average Bonchev–Trinajstić information content (AvgIpc) is 3.45. The average molecular weight is 478 g/mol. The van der Waals surface area contributed by atoms with Crippen LogP contribution in [-0.4, -0.2) is 41.3 Å². The summed E-state index contributed by atoms with van der Waals surface area (Å²) < 4.78 is 12.5. The van der Waals surface area contributed by atoms with Gasteiger partial charge in [0, 0.05) is 23.5 Å². The van der Waals surface area contributed by atoms with Crippen molar-refractivity contribution >= 4 is 39.6 Å². The molecule has 0 unspecified atom stereocenters. The second-order valence-electron chi connectivity index (χ2n) is 7.50. The van der Waals surface area contributed by atoms with Crippen molar-refractivity contribution in [3.8, 4) is 17.2 Å². The number of hydrogen-bond donors (Lipinski definition) is 2. The third kappa shape index (κ3) is 4.76. The van der Waals surface area contributed by atoms with Crippen LogP contribution in [0.4, 0.5) is 0 Å². The normalized spacial score (nSPS) is 11.1. The SMILES string of the molecule is COc1cc(/C=N/NC(=O)c2sc3nc(C)cc(C)c3c2-n2cccc2)ccc1OCC(N)=O. The molecule has 0 aliphatic rings. The standard InChI is InChI=1S/C24H23N5O4S/c1-14-10-15(2)27-24-20(14)21(29-8-4-5-9-29)22(34-24)23(31)28-26-12-16-6-7-17(18(11-16)32-3)33-13-19(25)30/h4-12H,13H2,1-3H3,(H2,25,30)(H,28,31)/b26-12+. The molecule has 3 N–H and O–H groups in total. The Morgan fingerprint density at radius 3 is 2.68 bits per heavy atom. The molecule has 0 atom stereocenters. The van der Waals surface area contributed by atoms with Crippen molar-refractivity contribution < 1.29 is 19.1 Å². The zero-order valence-corrected chi connectivity index (χ0v) is 19.7. The summed E-state index contributed by atoms with van der Waals surface area (Å²) in [5.74, 6) is -0.139. The molecule has 4 rings (SSSR count). The summed E-state index contributed by atoms with van der Waals surface area (Å²) >= 11 is 1.33. The van der Waals surface area contributed by atoms with Gasteiger partial charge in [-0.15, -0.1) is 11.3 Å². The van der Waals surface area contributed by atoms with E-state index in [1.54, 1.807) is 18.2 Å². The summed E-state index contributed by atoms with van der Waals surface area (Å²) in [6.45, 7) is 3.69. The largest absolute Gasteiger partial charge is 0.493 e. The molecule has 2 amide bonds. The van der Waals surface area contributed by atoms with E-state index in [1.807, 2.05) is 49.0 Å². The molecule has 0 aliphatic heterocycles. The van der Waals surface area contributed by atoms with E-state index in [4.69, 9.17) is 15.2 Å². The molecule has 3 heterocycles. The van der Waals surface area contributed by atoms with E-state index in [0.29, 0.717) is 21.9 Å². The molecular weight excluding hydrogens is 454 g/mol. The van der Waals surface area contributed by atoms with E-state index in [0.717, 1.165) is 27.2 Å². The summed E-state index contributed by atoms with van der Waals surface area (Å²) in [6, 6.07) is 10.8. The maximum absolute atomic E-state index is 13.1. The number of hydrogen-bond acceptors (Lipinski definition) is 7. The molecular formula is C24H23N5O4S.